The Morgan fingerprint density at radius 3 is 2.68 bits per heavy atom. The average molecular weight is 251 g/mol. The van der Waals surface area contributed by atoms with Crippen LogP contribution < -0.4 is 5.32 Å². The molecule has 0 aliphatic rings. The van der Waals surface area contributed by atoms with E-state index in [4.69, 9.17) is 0 Å². The Morgan fingerprint density at radius 1 is 0.947 bits per heavy atom. The van der Waals surface area contributed by atoms with Crippen molar-refractivity contribution in [3.8, 4) is 0 Å². The highest BCUT2D eigenvalue weighted by Crippen LogP contribution is 2.08. The molecule has 0 fully saturated rings. The fourth-order valence-corrected chi connectivity index (χ4v) is 1.82. The molecule has 5 heteroatoms. The van der Waals surface area contributed by atoms with Gasteiger partial charge in [-0.2, -0.15) is 0 Å². The first kappa shape index (κ1) is 11.5. The SMILES string of the molecule is c1cncc(CCNc2nnc3ccccc3n2)c1. The van der Waals surface area contributed by atoms with Crippen LogP contribution in [0.3, 0.4) is 0 Å². The molecule has 0 amide bonds. The summed E-state index contributed by atoms with van der Waals surface area (Å²) in [6.07, 6.45) is 4.51. The Labute approximate surface area is 110 Å². The molecule has 0 saturated heterocycles. The summed E-state index contributed by atoms with van der Waals surface area (Å²) in [5.74, 6) is 0.558. The Hall–Kier alpha value is -2.56. The van der Waals surface area contributed by atoms with Gasteiger partial charge in [-0.25, -0.2) is 4.98 Å². The summed E-state index contributed by atoms with van der Waals surface area (Å²) < 4.78 is 0. The smallest absolute Gasteiger partial charge is 0.243 e. The molecular formula is C14H13N5. The normalized spacial score (nSPS) is 10.5. The van der Waals surface area contributed by atoms with E-state index in [1.54, 1.807) is 6.20 Å². The largest absolute Gasteiger partial charge is 0.353 e. The van der Waals surface area contributed by atoms with E-state index in [9.17, 15) is 0 Å². The summed E-state index contributed by atoms with van der Waals surface area (Å²) >= 11 is 0. The minimum Gasteiger partial charge on any atom is -0.353 e. The number of hydrogen-bond donors (Lipinski definition) is 1. The van der Waals surface area contributed by atoms with Crippen LogP contribution in [-0.4, -0.2) is 26.7 Å². The second-order valence-corrected chi connectivity index (χ2v) is 4.16. The lowest BCUT2D eigenvalue weighted by Crippen LogP contribution is -2.08. The van der Waals surface area contributed by atoms with Gasteiger partial charge in [-0.1, -0.05) is 18.2 Å². The third-order valence-corrected chi connectivity index (χ3v) is 2.78. The second-order valence-electron chi connectivity index (χ2n) is 4.16. The fraction of sp³-hybridized carbons (Fsp3) is 0.143. The summed E-state index contributed by atoms with van der Waals surface area (Å²) in [6, 6.07) is 11.7. The Bertz CT molecular complexity index is 669. The molecule has 3 rings (SSSR count). The van der Waals surface area contributed by atoms with Gasteiger partial charge >= 0.3 is 0 Å². The summed E-state index contributed by atoms with van der Waals surface area (Å²) in [5.41, 5.74) is 2.84. The highest BCUT2D eigenvalue weighted by atomic mass is 15.2. The van der Waals surface area contributed by atoms with Crippen LogP contribution in [0.2, 0.25) is 0 Å². The molecule has 2 heterocycles. The molecule has 1 N–H and O–H groups in total. The summed E-state index contributed by atoms with van der Waals surface area (Å²) in [6.45, 7) is 0.756. The average Bonchev–Trinajstić information content (AvgIpc) is 2.48. The van der Waals surface area contributed by atoms with E-state index in [2.05, 4.69) is 25.5 Å². The van der Waals surface area contributed by atoms with Crippen molar-refractivity contribution < 1.29 is 0 Å². The van der Waals surface area contributed by atoms with Gasteiger partial charge in [-0.3, -0.25) is 4.98 Å². The molecule has 2 aromatic heterocycles. The molecule has 0 saturated carbocycles. The number of benzene rings is 1. The van der Waals surface area contributed by atoms with Crippen molar-refractivity contribution in [2.24, 2.45) is 0 Å². The highest BCUT2D eigenvalue weighted by Gasteiger charge is 2.00. The van der Waals surface area contributed by atoms with Crippen LogP contribution >= 0.6 is 0 Å². The van der Waals surface area contributed by atoms with E-state index in [1.807, 2.05) is 42.6 Å². The van der Waals surface area contributed by atoms with E-state index < -0.39 is 0 Å². The van der Waals surface area contributed by atoms with E-state index in [1.165, 1.54) is 5.56 Å². The predicted octanol–water partition coefficient (Wildman–Crippen LogP) is 2.07. The number of nitrogens with one attached hydrogen (secondary N) is 1. The van der Waals surface area contributed by atoms with E-state index in [-0.39, 0.29) is 0 Å². The van der Waals surface area contributed by atoms with Crippen molar-refractivity contribution in [3.63, 3.8) is 0 Å². The Kier molecular flexibility index (Phi) is 3.27. The number of anilines is 1. The van der Waals surface area contributed by atoms with Gasteiger partial charge in [0.1, 0.15) is 5.52 Å². The van der Waals surface area contributed by atoms with Gasteiger partial charge in [0, 0.05) is 18.9 Å². The number of hydrogen-bond acceptors (Lipinski definition) is 5. The van der Waals surface area contributed by atoms with Crippen molar-refractivity contribution in [1.82, 2.24) is 20.2 Å². The lowest BCUT2D eigenvalue weighted by atomic mass is 10.2. The molecular weight excluding hydrogens is 238 g/mol. The zero-order valence-corrected chi connectivity index (χ0v) is 10.3. The molecule has 0 spiro atoms. The minimum atomic E-state index is 0.558. The van der Waals surface area contributed by atoms with E-state index in [0.29, 0.717) is 5.95 Å². The Morgan fingerprint density at radius 2 is 1.84 bits per heavy atom. The number of rotatable bonds is 4. The van der Waals surface area contributed by atoms with Gasteiger partial charge in [-0.05, 0) is 30.2 Å². The molecule has 19 heavy (non-hydrogen) atoms. The van der Waals surface area contributed by atoms with E-state index in [0.717, 1.165) is 24.0 Å². The van der Waals surface area contributed by atoms with Crippen molar-refractivity contribution in [2.45, 2.75) is 6.42 Å². The molecule has 3 aromatic rings. The number of fused-ring (bicyclic) bond motifs is 1. The maximum absolute atomic E-state index is 4.41. The van der Waals surface area contributed by atoms with Crippen molar-refractivity contribution >= 4 is 17.0 Å². The zero-order valence-electron chi connectivity index (χ0n) is 10.3. The van der Waals surface area contributed by atoms with Crippen LogP contribution in [0, 0.1) is 0 Å². The highest BCUT2D eigenvalue weighted by molar-refractivity contribution is 5.73. The molecule has 94 valence electrons. The number of aromatic nitrogens is 4. The molecule has 5 nitrogen and oxygen atoms in total. The van der Waals surface area contributed by atoms with Crippen LogP contribution in [0.4, 0.5) is 5.95 Å². The van der Waals surface area contributed by atoms with Crippen LogP contribution in [0.15, 0.2) is 48.8 Å². The van der Waals surface area contributed by atoms with E-state index >= 15 is 0 Å². The van der Waals surface area contributed by atoms with Crippen LogP contribution in [-0.2, 0) is 6.42 Å². The molecule has 0 aliphatic carbocycles. The van der Waals surface area contributed by atoms with Gasteiger partial charge in [0.15, 0.2) is 0 Å². The lowest BCUT2D eigenvalue weighted by Gasteiger charge is -2.04. The van der Waals surface area contributed by atoms with Crippen molar-refractivity contribution in [3.05, 3.63) is 54.4 Å². The van der Waals surface area contributed by atoms with Crippen LogP contribution in [0.25, 0.3) is 11.0 Å². The van der Waals surface area contributed by atoms with Gasteiger partial charge in [-0.15, -0.1) is 10.2 Å². The van der Waals surface area contributed by atoms with Gasteiger partial charge in [0.2, 0.25) is 5.95 Å². The predicted molar refractivity (Wildman–Crippen MR) is 73.8 cm³/mol. The molecule has 0 bridgehead atoms. The minimum absolute atomic E-state index is 0.558. The lowest BCUT2D eigenvalue weighted by molar-refractivity contribution is 0.947. The van der Waals surface area contributed by atoms with Crippen molar-refractivity contribution in [2.75, 3.05) is 11.9 Å². The summed E-state index contributed by atoms with van der Waals surface area (Å²) in [7, 11) is 0. The second kappa shape index (κ2) is 5.39. The van der Waals surface area contributed by atoms with Gasteiger partial charge < -0.3 is 5.32 Å². The molecule has 0 aliphatic heterocycles. The summed E-state index contributed by atoms with van der Waals surface area (Å²) in [5, 5.41) is 11.3. The molecule has 0 atom stereocenters. The maximum Gasteiger partial charge on any atom is 0.243 e. The quantitative estimate of drug-likeness (QED) is 0.769. The monoisotopic (exact) mass is 251 g/mol. The molecule has 0 radical (unpaired) electrons. The number of nitrogens with zero attached hydrogens (tertiary/aromatic N) is 4. The topological polar surface area (TPSA) is 63.6 Å². The standard InChI is InChI=1S/C14H13N5/c1-2-6-13-12(5-1)17-14(19-18-13)16-9-7-11-4-3-8-15-10-11/h1-6,8,10H,7,9H2,(H,16,17,19). The third kappa shape index (κ3) is 2.82. The first-order valence-electron chi connectivity index (χ1n) is 6.14. The molecule has 0 unspecified atom stereocenters. The number of para-hydroxylation sites is 1. The van der Waals surface area contributed by atoms with Crippen LogP contribution in [0.1, 0.15) is 5.56 Å². The number of pyridine rings is 1. The third-order valence-electron chi connectivity index (χ3n) is 2.78. The maximum atomic E-state index is 4.41. The first-order valence-corrected chi connectivity index (χ1v) is 6.14. The van der Waals surface area contributed by atoms with Gasteiger partial charge in [0.25, 0.3) is 0 Å². The van der Waals surface area contributed by atoms with Crippen molar-refractivity contribution in [1.29, 1.82) is 0 Å². The Balaban J connectivity index is 1.65. The molecule has 1 aromatic carbocycles. The summed E-state index contributed by atoms with van der Waals surface area (Å²) in [4.78, 5) is 8.49. The fourth-order valence-electron chi connectivity index (χ4n) is 1.82. The first-order chi connectivity index (χ1) is 9.42. The zero-order chi connectivity index (χ0) is 12.9. The van der Waals surface area contributed by atoms with Crippen LogP contribution in [0.5, 0.6) is 0 Å². The van der Waals surface area contributed by atoms with Gasteiger partial charge in [0.05, 0.1) is 5.52 Å².